The first-order valence-corrected chi connectivity index (χ1v) is 7.91. The van der Waals surface area contributed by atoms with Crippen LogP contribution in [0, 0.1) is 24.4 Å². The topological polar surface area (TPSA) is 55.1 Å². The van der Waals surface area contributed by atoms with E-state index in [4.69, 9.17) is 4.42 Å². The minimum absolute atomic E-state index is 0.332. The van der Waals surface area contributed by atoms with Gasteiger partial charge in [0.15, 0.2) is 5.89 Å². The number of rotatable bonds is 4. The number of nitrogens with one attached hydrogen (secondary N) is 1. The Balaban J connectivity index is 1.81. The Bertz CT molecular complexity index is 942. The molecular formula is C19H15F3N2O2. The molecule has 0 aliphatic rings. The lowest BCUT2D eigenvalue weighted by Crippen LogP contribution is -2.16. The van der Waals surface area contributed by atoms with Crippen LogP contribution in [0.15, 0.2) is 40.8 Å². The van der Waals surface area contributed by atoms with Gasteiger partial charge < -0.3 is 9.73 Å². The van der Waals surface area contributed by atoms with E-state index in [1.54, 1.807) is 31.2 Å². The summed E-state index contributed by atoms with van der Waals surface area (Å²) in [5.74, 6) is -3.32. The molecule has 26 heavy (non-hydrogen) atoms. The SMILES string of the molecule is CCc1nc(-c2ccc(NC(=O)c3c(F)cc(F)cc3F)cc2)c(C)o1. The van der Waals surface area contributed by atoms with Crippen LogP contribution in [0.2, 0.25) is 0 Å². The third-order valence-electron chi connectivity index (χ3n) is 3.79. The summed E-state index contributed by atoms with van der Waals surface area (Å²) in [7, 11) is 0. The van der Waals surface area contributed by atoms with Gasteiger partial charge in [0.1, 0.15) is 34.5 Å². The van der Waals surface area contributed by atoms with Crippen molar-refractivity contribution in [2.75, 3.05) is 5.32 Å². The molecule has 0 atom stereocenters. The zero-order chi connectivity index (χ0) is 18.8. The molecule has 4 nitrogen and oxygen atoms in total. The molecule has 0 spiro atoms. The molecule has 0 fully saturated rings. The van der Waals surface area contributed by atoms with Crippen molar-refractivity contribution >= 4 is 11.6 Å². The average molecular weight is 360 g/mol. The fourth-order valence-electron chi connectivity index (χ4n) is 2.53. The molecule has 1 amide bonds. The standard InChI is InChI=1S/C19H15F3N2O2/c1-3-16-24-18(10(2)26-16)11-4-6-13(7-5-11)23-19(25)17-14(21)8-12(20)9-15(17)22/h4-9H,3H2,1-2H3,(H,23,25). The van der Waals surface area contributed by atoms with Crippen LogP contribution in [-0.2, 0) is 6.42 Å². The van der Waals surface area contributed by atoms with Crippen LogP contribution in [-0.4, -0.2) is 10.9 Å². The lowest BCUT2D eigenvalue weighted by Gasteiger charge is -2.08. The minimum atomic E-state index is -1.26. The highest BCUT2D eigenvalue weighted by molar-refractivity contribution is 6.04. The van der Waals surface area contributed by atoms with Gasteiger partial charge in [0.25, 0.3) is 5.91 Å². The largest absolute Gasteiger partial charge is 0.445 e. The lowest BCUT2D eigenvalue weighted by atomic mass is 10.1. The van der Waals surface area contributed by atoms with Gasteiger partial charge >= 0.3 is 0 Å². The van der Waals surface area contributed by atoms with Gasteiger partial charge in [-0.2, -0.15) is 0 Å². The second-order valence-corrected chi connectivity index (χ2v) is 5.64. The van der Waals surface area contributed by atoms with Crippen molar-refractivity contribution < 1.29 is 22.4 Å². The number of hydrogen-bond acceptors (Lipinski definition) is 3. The number of oxazole rings is 1. The smallest absolute Gasteiger partial charge is 0.261 e. The predicted octanol–water partition coefficient (Wildman–Crippen LogP) is 4.88. The van der Waals surface area contributed by atoms with Crippen LogP contribution in [0.1, 0.15) is 28.9 Å². The normalized spacial score (nSPS) is 10.8. The first-order chi connectivity index (χ1) is 12.4. The number of benzene rings is 2. The number of nitrogens with zero attached hydrogens (tertiary/aromatic N) is 1. The van der Waals surface area contributed by atoms with Gasteiger partial charge in [-0.1, -0.05) is 19.1 Å². The molecule has 0 bridgehead atoms. The molecule has 0 aliphatic heterocycles. The maximum atomic E-state index is 13.7. The molecule has 3 rings (SSSR count). The first kappa shape index (κ1) is 17.7. The van der Waals surface area contributed by atoms with Crippen molar-refractivity contribution in [1.29, 1.82) is 0 Å². The number of aromatic nitrogens is 1. The molecule has 1 aromatic heterocycles. The molecule has 134 valence electrons. The summed E-state index contributed by atoms with van der Waals surface area (Å²) in [4.78, 5) is 16.5. The summed E-state index contributed by atoms with van der Waals surface area (Å²) in [6, 6.07) is 7.48. The number of anilines is 1. The van der Waals surface area contributed by atoms with Crippen LogP contribution < -0.4 is 5.32 Å². The first-order valence-electron chi connectivity index (χ1n) is 7.91. The number of hydrogen-bond donors (Lipinski definition) is 1. The van der Waals surface area contributed by atoms with Gasteiger partial charge in [-0.25, -0.2) is 18.2 Å². The van der Waals surface area contributed by atoms with Crippen LogP contribution in [0.5, 0.6) is 0 Å². The number of aryl methyl sites for hydroxylation is 2. The average Bonchev–Trinajstić information content (AvgIpc) is 2.95. The number of carbonyl (C=O) groups is 1. The van der Waals surface area contributed by atoms with Crippen molar-refractivity contribution in [2.45, 2.75) is 20.3 Å². The Morgan fingerprint density at radius 2 is 1.73 bits per heavy atom. The Morgan fingerprint density at radius 1 is 1.12 bits per heavy atom. The van der Waals surface area contributed by atoms with E-state index in [0.717, 1.165) is 5.56 Å². The summed E-state index contributed by atoms with van der Waals surface area (Å²) >= 11 is 0. The predicted molar refractivity (Wildman–Crippen MR) is 90.3 cm³/mol. The summed E-state index contributed by atoms with van der Waals surface area (Å²) in [6.07, 6.45) is 0.670. The Kier molecular flexibility index (Phi) is 4.79. The van der Waals surface area contributed by atoms with E-state index in [2.05, 4.69) is 10.3 Å². The van der Waals surface area contributed by atoms with Crippen molar-refractivity contribution in [3.8, 4) is 11.3 Å². The third kappa shape index (κ3) is 3.46. The highest BCUT2D eigenvalue weighted by Crippen LogP contribution is 2.25. The third-order valence-corrected chi connectivity index (χ3v) is 3.79. The van der Waals surface area contributed by atoms with E-state index in [0.29, 0.717) is 41.6 Å². The van der Waals surface area contributed by atoms with Crippen molar-refractivity contribution in [2.24, 2.45) is 0 Å². The number of carbonyl (C=O) groups excluding carboxylic acids is 1. The number of halogens is 3. The van der Waals surface area contributed by atoms with Crippen LogP contribution >= 0.6 is 0 Å². The van der Waals surface area contributed by atoms with E-state index < -0.39 is 28.9 Å². The molecule has 0 saturated carbocycles. The zero-order valence-electron chi connectivity index (χ0n) is 14.1. The van der Waals surface area contributed by atoms with Gasteiger partial charge in [0.05, 0.1) is 0 Å². The molecule has 1 N–H and O–H groups in total. The summed E-state index contributed by atoms with van der Waals surface area (Å²) in [5, 5.41) is 2.38. The fourth-order valence-corrected chi connectivity index (χ4v) is 2.53. The Hall–Kier alpha value is -3.09. The van der Waals surface area contributed by atoms with Crippen LogP contribution in [0.4, 0.5) is 18.9 Å². The summed E-state index contributed by atoms with van der Waals surface area (Å²) in [6.45, 7) is 3.73. The maximum absolute atomic E-state index is 13.7. The second kappa shape index (κ2) is 7.03. The Labute approximate surface area is 147 Å². The molecule has 7 heteroatoms. The second-order valence-electron chi connectivity index (χ2n) is 5.64. The highest BCUT2D eigenvalue weighted by atomic mass is 19.1. The van der Waals surface area contributed by atoms with E-state index in [-0.39, 0.29) is 0 Å². The fraction of sp³-hybridized carbons (Fsp3) is 0.158. The molecule has 3 aromatic rings. The van der Waals surface area contributed by atoms with Crippen molar-refractivity contribution in [3.63, 3.8) is 0 Å². The van der Waals surface area contributed by atoms with E-state index in [9.17, 15) is 18.0 Å². The molecule has 0 saturated heterocycles. The van der Waals surface area contributed by atoms with E-state index in [1.807, 2.05) is 6.92 Å². The van der Waals surface area contributed by atoms with Crippen molar-refractivity contribution in [1.82, 2.24) is 4.98 Å². The monoisotopic (exact) mass is 360 g/mol. The molecule has 1 heterocycles. The molecule has 2 aromatic carbocycles. The van der Waals surface area contributed by atoms with Gasteiger partial charge in [0, 0.05) is 29.8 Å². The van der Waals surface area contributed by atoms with Gasteiger partial charge in [-0.3, -0.25) is 4.79 Å². The van der Waals surface area contributed by atoms with Crippen molar-refractivity contribution in [3.05, 3.63) is 71.1 Å². The van der Waals surface area contributed by atoms with E-state index >= 15 is 0 Å². The van der Waals surface area contributed by atoms with Gasteiger partial charge in [-0.05, 0) is 19.1 Å². The molecule has 0 unspecified atom stereocenters. The maximum Gasteiger partial charge on any atom is 0.261 e. The van der Waals surface area contributed by atoms with E-state index in [1.165, 1.54) is 0 Å². The molecule has 0 radical (unpaired) electrons. The van der Waals surface area contributed by atoms with Crippen LogP contribution in [0.25, 0.3) is 11.3 Å². The molecule has 0 aliphatic carbocycles. The zero-order valence-corrected chi connectivity index (χ0v) is 14.1. The molecular weight excluding hydrogens is 345 g/mol. The summed E-state index contributed by atoms with van der Waals surface area (Å²) in [5.41, 5.74) is 0.965. The highest BCUT2D eigenvalue weighted by Gasteiger charge is 2.19. The lowest BCUT2D eigenvalue weighted by molar-refractivity contribution is 0.101. The summed E-state index contributed by atoms with van der Waals surface area (Å²) < 4.78 is 45.8. The Morgan fingerprint density at radius 3 is 2.27 bits per heavy atom. The van der Waals surface area contributed by atoms with Gasteiger partial charge in [0.2, 0.25) is 0 Å². The number of amides is 1. The quantitative estimate of drug-likeness (QED) is 0.721. The minimum Gasteiger partial charge on any atom is -0.445 e. The van der Waals surface area contributed by atoms with Gasteiger partial charge in [-0.15, -0.1) is 0 Å². The van der Waals surface area contributed by atoms with Crippen LogP contribution in [0.3, 0.4) is 0 Å².